The van der Waals surface area contributed by atoms with E-state index in [0.29, 0.717) is 12.8 Å². The summed E-state index contributed by atoms with van der Waals surface area (Å²) in [5, 5.41) is 0. The molecule has 11 heavy (non-hydrogen) atoms. The molecule has 0 N–H and O–H groups in total. The molecule has 60 valence electrons. The summed E-state index contributed by atoms with van der Waals surface area (Å²) in [6, 6.07) is -0.170. The van der Waals surface area contributed by atoms with Crippen LogP contribution in [0, 0.1) is 0 Å². The van der Waals surface area contributed by atoms with Crippen molar-refractivity contribution in [2.45, 2.75) is 6.04 Å². The summed E-state index contributed by atoms with van der Waals surface area (Å²) in [6.07, 6.45) is 3.60. The molecule has 4 nitrogen and oxygen atoms in total. The zero-order valence-corrected chi connectivity index (χ0v) is 6.19. The van der Waals surface area contributed by atoms with Gasteiger partial charge in [0, 0.05) is 12.7 Å². The maximum Gasteiger partial charge on any atom is 0.330 e. The zero-order chi connectivity index (χ0) is 8.27. The fourth-order valence-corrected chi connectivity index (χ4v) is 0.809. The standard InChI is InChI=1S/C7H9NO3/c1-11-7(10)6-5-8(6)3-2-4-9/h2-4,6H,5H2,1H3/b3-2+. The first-order valence-corrected chi connectivity index (χ1v) is 3.25. The smallest absolute Gasteiger partial charge is 0.330 e. The summed E-state index contributed by atoms with van der Waals surface area (Å²) in [5.41, 5.74) is 0. The third kappa shape index (κ3) is 1.80. The maximum atomic E-state index is 10.8. The molecule has 1 unspecified atom stereocenters. The first-order chi connectivity index (χ1) is 5.29. The Morgan fingerprint density at radius 1 is 1.73 bits per heavy atom. The Hall–Kier alpha value is -1.32. The van der Waals surface area contributed by atoms with Crippen molar-refractivity contribution in [3.8, 4) is 0 Å². The number of aldehydes is 1. The summed E-state index contributed by atoms with van der Waals surface area (Å²) in [7, 11) is 1.35. The highest BCUT2D eigenvalue weighted by atomic mass is 16.5. The molecule has 0 aliphatic carbocycles. The highest BCUT2D eigenvalue weighted by Gasteiger charge is 2.38. The monoisotopic (exact) mass is 155 g/mol. The zero-order valence-electron chi connectivity index (χ0n) is 6.19. The van der Waals surface area contributed by atoms with E-state index in [4.69, 9.17) is 0 Å². The van der Waals surface area contributed by atoms with Crippen molar-refractivity contribution in [1.82, 2.24) is 4.90 Å². The lowest BCUT2D eigenvalue weighted by Gasteiger charge is -1.94. The minimum atomic E-state index is -0.249. The van der Waals surface area contributed by atoms with Gasteiger partial charge < -0.3 is 9.64 Å². The molecule has 1 aliphatic heterocycles. The van der Waals surface area contributed by atoms with Crippen LogP contribution in [0.4, 0.5) is 0 Å². The molecule has 1 fully saturated rings. The molecule has 0 radical (unpaired) electrons. The second kappa shape index (κ2) is 3.18. The van der Waals surface area contributed by atoms with Crippen molar-refractivity contribution in [3.63, 3.8) is 0 Å². The molecular weight excluding hydrogens is 146 g/mol. The summed E-state index contributed by atoms with van der Waals surface area (Å²) >= 11 is 0. The molecule has 1 atom stereocenters. The van der Waals surface area contributed by atoms with Gasteiger partial charge in [-0.25, -0.2) is 4.79 Å². The van der Waals surface area contributed by atoms with Crippen molar-refractivity contribution in [1.29, 1.82) is 0 Å². The Morgan fingerprint density at radius 2 is 2.45 bits per heavy atom. The van der Waals surface area contributed by atoms with Crippen molar-refractivity contribution in [2.24, 2.45) is 0 Å². The number of hydrogen-bond acceptors (Lipinski definition) is 4. The average Bonchev–Trinajstić information content (AvgIpc) is 2.78. The molecule has 1 rings (SSSR count). The Kier molecular flexibility index (Phi) is 2.25. The van der Waals surface area contributed by atoms with E-state index < -0.39 is 0 Å². The molecule has 0 aromatic heterocycles. The van der Waals surface area contributed by atoms with Gasteiger partial charge in [0.1, 0.15) is 12.3 Å². The highest BCUT2D eigenvalue weighted by molar-refractivity contribution is 5.79. The number of carbonyl (C=O) groups is 2. The fraction of sp³-hybridized carbons (Fsp3) is 0.429. The van der Waals surface area contributed by atoms with E-state index in [9.17, 15) is 9.59 Å². The first-order valence-electron chi connectivity index (χ1n) is 3.25. The molecule has 0 aromatic carbocycles. The first kappa shape index (κ1) is 7.78. The molecular formula is C7H9NO3. The minimum absolute atomic E-state index is 0.170. The number of allylic oxidation sites excluding steroid dienone is 1. The van der Waals surface area contributed by atoms with Crippen LogP contribution in [0.5, 0.6) is 0 Å². The fourth-order valence-electron chi connectivity index (χ4n) is 0.809. The Labute approximate surface area is 64.4 Å². The number of hydrogen-bond donors (Lipinski definition) is 0. The van der Waals surface area contributed by atoms with Crippen LogP contribution in [0.25, 0.3) is 0 Å². The SMILES string of the molecule is COC(=O)C1CN1/C=C/C=O. The number of esters is 1. The Bertz CT molecular complexity index is 200. The van der Waals surface area contributed by atoms with Crippen molar-refractivity contribution >= 4 is 12.3 Å². The molecule has 0 saturated carbocycles. The van der Waals surface area contributed by atoms with Gasteiger partial charge in [-0.05, 0) is 6.08 Å². The number of carbonyl (C=O) groups excluding carboxylic acids is 2. The van der Waals surface area contributed by atoms with Crippen LogP contribution in [0.3, 0.4) is 0 Å². The minimum Gasteiger partial charge on any atom is -0.467 e. The molecule has 1 heterocycles. The average molecular weight is 155 g/mol. The summed E-state index contributed by atoms with van der Waals surface area (Å²) in [6.45, 7) is 0.650. The van der Waals surface area contributed by atoms with Crippen LogP contribution < -0.4 is 0 Å². The van der Waals surface area contributed by atoms with E-state index in [1.807, 2.05) is 0 Å². The number of ether oxygens (including phenoxy) is 1. The van der Waals surface area contributed by atoms with Gasteiger partial charge in [-0.15, -0.1) is 0 Å². The van der Waals surface area contributed by atoms with Crippen molar-refractivity contribution in [3.05, 3.63) is 12.3 Å². The predicted octanol–water partition coefficient (Wildman–Crippen LogP) is -0.444. The van der Waals surface area contributed by atoms with E-state index in [2.05, 4.69) is 4.74 Å². The summed E-state index contributed by atoms with van der Waals surface area (Å²) < 4.78 is 4.48. The van der Waals surface area contributed by atoms with E-state index in [0.717, 1.165) is 0 Å². The lowest BCUT2D eigenvalue weighted by Crippen LogP contribution is -2.11. The number of rotatable bonds is 3. The second-order valence-corrected chi connectivity index (χ2v) is 2.21. The van der Waals surface area contributed by atoms with Crippen LogP contribution in [0.1, 0.15) is 0 Å². The van der Waals surface area contributed by atoms with Crippen LogP contribution in [-0.4, -0.2) is 36.9 Å². The van der Waals surface area contributed by atoms with Crippen LogP contribution in [0.15, 0.2) is 12.3 Å². The number of nitrogens with zero attached hydrogens (tertiary/aromatic N) is 1. The number of methoxy groups -OCH3 is 1. The van der Waals surface area contributed by atoms with Crippen LogP contribution in [-0.2, 0) is 14.3 Å². The van der Waals surface area contributed by atoms with Crippen LogP contribution in [0.2, 0.25) is 0 Å². The summed E-state index contributed by atoms with van der Waals surface area (Å²) in [5.74, 6) is -0.249. The van der Waals surface area contributed by atoms with E-state index >= 15 is 0 Å². The van der Waals surface area contributed by atoms with Crippen LogP contribution >= 0.6 is 0 Å². The molecule has 4 heteroatoms. The van der Waals surface area contributed by atoms with Gasteiger partial charge in [-0.2, -0.15) is 0 Å². The third-order valence-corrected chi connectivity index (χ3v) is 1.48. The van der Waals surface area contributed by atoms with Gasteiger partial charge in [0.25, 0.3) is 0 Å². The molecule has 0 amide bonds. The van der Waals surface area contributed by atoms with Crippen molar-refractivity contribution in [2.75, 3.05) is 13.7 Å². The van der Waals surface area contributed by atoms with E-state index in [1.165, 1.54) is 13.2 Å². The molecule has 0 bridgehead atoms. The van der Waals surface area contributed by atoms with Gasteiger partial charge in [0.15, 0.2) is 0 Å². The quantitative estimate of drug-likeness (QED) is 0.240. The topological polar surface area (TPSA) is 46.4 Å². The predicted molar refractivity (Wildman–Crippen MR) is 37.7 cm³/mol. The van der Waals surface area contributed by atoms with E-state index in [1.54, 1.807) is 11.1 Å². The molecule has 1 saturated heterocycles. The molecule has 1 aliphatic rings. The van der Waals surface area contributed by atoms with Gasteiger partial charge in [-0.1, -0.05) is 0 Å². The lowest BCUT2D eigenvalue weighted by molar-refractivity contribution is -0.140. The largest absolute Gasteiger partial charge is 0.467 e. The Morgan fingerprint density at radius 3 is 3.00 bits per heavy atom. The second-order valence-electron chi connectivity index (χ2n) is 2.21. The third-order valence-electron chi connectivity index (χ3n) is 1.48. The highest BCUT2D eigenvalue weighted by Crippen LogP contribution is 2.18. The normalized spacial score (nSPS) is 21.9. The van der Waals surface area contributed by atoms with Gasteiger partial charge in [0.2, 0.25) is 0 Å². The van der Waals surface area contributed by atoms with Gasteiger partial charge >= 0.3 is 5.97 Å². The molecule has 0 aromatic rings. The van der Waals surface area contributed by atoms with Crippen molar-refractivity contribution < 1.29 is 14.3 Å². The summed E-state index contributed by atoms with van der Waals surface area (Å²) in [4.78, 5) is 22.3. The van der Waals surface area contributed by atoms with Gasteiger partial charge in [-0.3, -0.25) is 4.79 Å². The molecule has 0 spiro atoms. The van der Waals surface area contributed by atoms with E-state index in [-0.39, 0.29) is 12.0 Å². The van der Waals surface area contributed by atoms with Gasteiger partial charge in [0.05, 0.1) is 7.11 Å². The lowest BCUT2D eigenvalue weighted by atomic mass is 10.5. The maximum absolute atomic E-state index is 10.8. The Balaban J connectivity index is 2.31.